The van der Waals surface area contributed by atoms with Crippen molar-refractivity contribution in [1.29, 1.82) is 0 Å². The van der Waals surface area contributed by atoms with Gasteiger partial charge in [0.25, 0.3) is 0 Å². The van der Waals surface area contributed by atoms with E-state index in [0.29, 0.717) is 5.56 Å². The molecule has 0 atom stereocenters. The zero-order chi connectivity index (χ0) is 17.5. The van der Waals surface area contributed by atoms with Crippen molar-refractivity contribution in [2.75, 3.05) is 29.9 Å². The fourth-order valence-electron chi connectivity index (χ4n) is 2.73. The number of thioether (sulfide) groups is 1. The monoisotopic (exact) mass is 356 g/mol. The highest BCUT2D eigenvalue weighted by atomic mass is 32.2. The van der Waals surface area contributed by atoms with Gasteiger partial charge in [0.05, 0.1) is 0 Å². The van der Waals surface area contributed by atoms with Crippen LogP contribution in [-0.4, -0.2) is 35.4 Å². The van der Waals surface area contributed by atoms with Crippen LogP contribution in [0.15, 0.2) is 54.6 Å². The molecule has 1 aliphatic rings. The number of hydrogen-bond donors (Lipinski definition) is 1. The van der Waals surface area contributed by atoms with Gasteiger partial charge in [0, 0.05) is 48.5 Å². The quantitative estimate of drug-likeness (QED) is 0.821. The summed E-state index contributed by atoms with van der Waals surface area (Å²) >= 11 is 1.98. The van der Waals surface area contributed by atoms with Crippen LogP contribution in [0.1, 0.15) is 11.1 Å². The molecule has 0 radical (unpaired) electrons. The number of rotatable bonds is 5. The van der Waals surface area contributed by atoms with Crippen LogP contribution >= 0.6 is 11.8 Å². The van der Waals surface area contributed by atoms with Crippen molar-refractivity contribution in [3.63, 3.8) is 0 Å². The normalized spacial score (nSPS) is 15.4. The van der Waals surface area contributed by atoms with Crippen molar-refractivity contribution in [2.24, 2.45) is 0 Å². The predicted molar refractivity (Wildman–Crippen MR) is 103 cm³/mol. The highest BCUT2D eigenvalue weighted by molar-refractivity contribution is 7.99. The third-order valence-electron chi connectivity index (χ3n) is 4.09. The molecule has 0 saturated carbocycles. The van der Waals surface area contributed by atoms with Gasteiger partial charge >= 0.3 is 0 Å². The van der Waals surface area contributed by atoms with Gasteiger partial charge in [0.15, 0.2) is 0 Å². The van der Waals surface area contributed by atoms with Crippen LogP contribution in [0, 0.1) is 5.82 Å². The molecule has 130 valence electrons. The molecule has 1 fully saturated rings. The Morgan fingerprint density at radius 3 is 2.64 bits per heavy atom. The van der Waals surface area contributed by atoms with E-state index in [1.807, 2.05) is 36.0 Å². The number of amides is 1. The Morgan fingerprint density at radius 1 is 1.12 bits per heavy atom. The molecule has 3 nitrogen and oxygen atoms in total. The minimum atomic E-state index is -0.338. The maximum atomic E-state index is 13.6. The molecular weight excluding hydrogens is 335 g/mol. The topological polar surface area (TPSA) is 32.3 Å². The van der Waals surface area contributed by atoms with Gasteiger partial charge in [0.1, 0.15) is 5.82 Å². The number of nitrogens with one attached hydrogen (secondary N) is 1. The SMILES string of the molecule is O=C(C=Cc1ccccc1F)Nc1ccccc1CN1CCSCC1. The van der Waals surface area contributed by atoms with E-state index in [2.05, 4.69) is 10.2 Å². The number of benzene rings is 2. The highest BCUT2D eigenvalue weighted by Crippen LogP contribution is 2.20. The first-order valence-corrected chi connectivity index (χ1v) is 9.49. The predicted octanol–water partition coefficient (Wildman–Crippen LogP) is 4.03. The first-order chi connectivity index (χ1) is 12.2. The number of hydrogen-bond acceptors (Lipinski definition) is 3. The van der Waals surface area contributed by atoms with Gasteiger partial charge in [0.2, 0.25) is 5.91 Å². The summed E-state index contributed by atoms with van der Waals surface area (Å²) in [6.45, 7) is 2.97. The summed E-state index contributed by atoms with van der Waals surface area (Å²) < 4.78 is 13.6. The molecule has 0 aliphatic carbocycles. The summed E-state index contributed by atoms with van der Waals surface area (Å²) in [5.74, 6) is 1.71. The van der Waals surface area contributed by atoms with E-state index in [1.54, 1.807) is 18.2 Å². The van der Waals surface area contributed by atoms with Crippen molar-refractivity contribution in [3.8, 4) is 0 Å². The maximum Gasteiger partial charge on any atom is 0.248 e. The van der Waals surface area contributed by atoms with Crippen LogP contribution in [0.2, 0.25) is 0 Å². The Bertz CT molecular complexity index is 757. The van der Waals surface area contributed by atoms with E-state index in [0.717, 1.165) is 42.4 Å². The summed E-state index contributed by atoms with van der Waals surface area (Å²) in [7, 11) is 0. The molecule has 0 aromatic heterocycles. The average molecular weight is 356 g/mol. The largest absolute Gasteiger partial charge is 0.322 e. The number of nitrogens with zero attached hydrogens (tertiary/aromatic N) is 1. The van der Waals surface area contributed by atoms with Crippen molar-refractivity contribution in [3.05, 3.63) is 71.6 Å². The van der Waals surface area contributed by atoms with E-state index in [-0.39, 0.29) is 11.7 Å². The van der Waals surface area contributed by atoms with Crippen LogP contribution in [0.25, 0.3) is 6.08 Å². The van der Waals surface area contributed by atoms with Crippen LogP contribution in [-0.2, 0) is 11.3 Å². The molecule has 5 heteroatoms. The standard InChI is InChI=1S/C20H21FN2OS/c21-18-7-3-1-5-16(18)9-10-20(24)22-19-8-4-2-6-17(19)15-23-11-13-25-14-12-23/h1-10H,11-15H2,(H,22,24). The summed E-state index contributed by atoms with van der Waals surface area (Å²) in [5, 5.41) is 2.91. The lowest BCUT2D eigenvalue weighted by Crippen LogP contribution is -2.32. The maximum absolute atomic E-state index is 13.6. The molecule has 2 aromatic rings. The highest BCUT2D eigenvalue weighted by Gasteiger charge is 2.13. The number of carbonyl (C=O) groups is 1. The van der Waals surface area contributed by atoms with Gasteiger partial charge in [-0.25, -0.2) is 4.39 Å². The van der Waals surface area contributed by atoms with Gasteiger partial charge in [-0.05, 0) is 23.8 Å². The van der Waals surface area contributed by atoms with Crippen molar-refractivity contribution >= 4 is 29.4 Å². The minimum absolute atomic E-state index is 0.259. The number of carbonyl (C=O) groups excluding carboxylic acids is 1. The van der Waals surface area contributed by atoms with E-state index >= 15 is 0 Å². The molecule has 1 N–H and O–H groups in total. The van der Waals surface area contributed by atoms with Crippen LogP contribution in [0.3, 0.4) is 0 Å². The second kappa shape index (κ2) is 8.83. The Balaban J connectivity index is 1.66. The second-order valence-corrected chi connectivity index (χ2v) is 7.11. The summed E-state index contributed by atoms with van der Waals surface area (Å²) in [6, 6.07) is 14.2. The second-order valence-electron chi connectivity index (χ2n) is 5.89. The molecule has 1 heterocycles. The van der Waals surface area contributed by atoms with E-state index in [4.69, 9.17) is 0 Å². The van der Waals surface area contributed by atoms with Crippen LogP contribution < -0.4 is 5.32 Å². The van der Waals surface area contributed by atoms with E-state index in [1.165, 1.54) is 18.2 Å². The zero-order valence-electron chi connectivity index (χ0n) is 14.0. The molecule has 25 heavy (non-hydrogen) atoms. The molecule has 1 aliphatic heterocycles. The van der Waals surface area contributed by atoms with Gasteiger partial charge in [-0.1, -0.05) is 36.4 Å². The van der Waals surface area contributed by atoms with Crippen molar-refractivity contribution in [2.45, 2.75) is 6.54 Å². The summed E-state index contributed by atoms with van der Waals surface area (Å²) in [6.07, 6.45) is 2.86. The molecule has 0 unspecified atom stereocenters. The lowest BCUT2D eigenvalue weighted by atomic mass is 10.1. The molecule has 2 aromatic carbocycles. The number of halogens is 1. The first-order valence-electron chi connectivity index (χ1n) is 8.34. The smallest absolute Gasteiger partial charge is 0.248 e. The number of anilines is 1. The van der Waals surface area contributed by atoms with Crippen molar-refractivity contribution in [1.82, 2.24) is 4.90 Å². The third kappa shape index (κ3) is 5.18. The Kier molecular flexibility index (Phi) is 6.25. The molecular formula is C20H21FN2OS. The molecule has 1 saturated heterocycles. The molecule has 1 amide bonds. The molecule has 3 rings (SSSR count). The van der Waals surface area contributed by atoms with Crippen molar-refractivity contribution < 1.29 is 9.18 Å². The van der Waals surface area contributed by atoms with Crippen LogP contribution in [0.5, 0.6) is 0 Å². The molecule has 0 bridgehead atoms. The van der Waals surface area contributed by atoms with Gasteiger partial charge in [-0.2, -0.15) is 11.8 Å². The fourth-order valence-corrected chi connectivity index (χ4v) is 3.71. The van der Waals surface area contributed by atoms with E-state index in [9.17, 15) is 9.18 Å². The Labute approximate surface area is 151 Å². The summed E-state index contributed by atoms with van der Waals surface area (Å²) in [5.41, 5.74) is 2.31. The Hall–Kier alpha value is -2.11. The van der Waals surface area contributed by atoms with E-state index < -0.39 is 0 Å². The lowest BCUT2D eigenvalue weighted by molar-refractivity contribution is -0.111. The first kappa shape index (κ1) is 17.7. The van der Waals surface area contributed by atoms with Gasteiger partial charge in [-0.15, -0.1) is 0 Å². The van der Waals surface area contributed by atoms with Gasteiger partial charge in [-0.3, -0.25) is 9.69 Å². The number of para-hydroxylation sites is 1. The summed E-state index contributed by atoms with van der Waals surface area (Å²) in [4.78, 5) is 14.6. The zero-order valence-corrected chi connectivity index (χ0v) is 14.8. The van der Waals surface area contributed by atoms with Crippen LogP contribution in [0.4, 0.5) is 10.1 Å². The van der Waals surface area contributed by atoms with Gasteiger partial charge < -0.3 is 5.32 Å². The lowest BCUT2D eigenvalue weighted by Gasteiger charge is -2.27. The average Bonchev–Trinajstić information content (AvgIpc) is 2.64. The molecule has 0 spiro atoms. The minimum Gasteiger partial charge on any atom is -0.322 e. The fraction of sp³-hybridized carbons (Fsp3) is 0.250. The Morgan fingerprint density at radius 2 is 1.84 bits per heavy atom. The third-order valence-corrected chi connectivity index (χ3v) is 5.03.